The quantitative estimate of drug-likeness (QED) is 0.653. The maximum atomic E-state index is 13.4. The first-order valence-corrected chi connectivity index (χ1v) is 11.8. The number of pyridine rings is 1. The highest BCUT2D eigenvalue weighted by atomic mass is 16.2. The Bertz CT molecular complexity index is 999. The van der Waals surface area contributed by atoms with Crippen LogP contribution in [0.1, 0.15) is 42.4 Å². The van der Waals surface area contributed by atoms with Crippen LogP contribution in [0.15, 0.2) is 53.9 Å². The SMILES string of the molecule is Cc1ccccc1CN1CCC(CN(Cc2cccnc2)C(=O)C2=NN(C)C(=O)CC2)CC1. The van der Waals surface area contributed by atoms with E-state index in [9.17, 15) is 9.59 Å². The van der Waals surface area contributed by atoms with E-state index in [2.05, 4.69) is 46.2 Å². The summed E-state index contributed by atoms with van der Waals surface area (Å²) in [7, 11) is 1.62. The first kappa shape index (κ1) is 23.1. The molecule has 7 nitrogen and oxygen atoms in total. The molecule has 33 heavy (non-hydrogen) atoms. The number of likely N-dealkylation sites (tertiary alicyclic amines) is 1. The maximum absolute atomic E-state index is 13.4. The second-order valence-corrected chi connectivity index (χ2v) is 9.16. The number of hydrogen-bond acceptors (Lipinski definition) is 5. The zero-order valence-electron chi connectivity index (χ0n) is 19.6. The Kier molecular flexibility index (Phi) is 7.50. The molecule has 7 heteroatoms. The smallest absolute Gasteiger partial charge is 0.270 e. The third-order valence-corrected chi connectivity index (χ3v) is 6.68. The third kappa shape index (κ3) is 6.05. The van der Waals surface area contributed by atoms with Gasteiger partial charge in [0, 0.05) is 51.9 Å². The van der Waals surface area contributed by atoms with Gasteiger partial charge in [-0.05, 0) is 61.5 Å². The van der Waals surface area contributed by atoms with E-state index in [1.807, 2.05) is 23.2 Å². The normalized spacial score (nSPS) is 17.7. The Hall–Kier alpha value is -3.06. The van der Waals surface area contributed by atoms with E-state index in [1.165, 1.54) is 16.1 Å². The minimum absolute atomic E-state index is 0.0496. The summed E-state index contributed by atoms with van der Waals surface area (Å²) in [5, 5.41) is 5.57. The summed E-state index contributed by atoms with van der Waals surface area (Å²) in [6.07, 6.45) is 6.41. The van der Waals surface area contributed by atoms with Gasteiger partial charge < -0.3 is 4.90 Å². The molecule has 1 saturated heterocycles. The standard InChI is InChI=1S/C26H33N5O2/c1-20-6-3-4-8-23(20)19-30-14-11-21(12-15-30)17-31(18-22-7-5-13-27-16-22)26(33)24-9-10-25(32)29(2)28-24/h3-8,13,16,21H,9-12,14-15,17-19H2,1-2H3. The molecule has 1 fully saturated rings. The molecule has 0 unspecified atom stereocenters. The van der Waals surface area contributed by atoms with Crippen LogP contribution in [0.5, 0.6) is 0 Å². The fourth-order valence-corrected chi connectivity index (χ4v) is 4.60. The van der Waals surface area contributed by atoms with E-state index in [1.54, 1.807) is 13.2 Å². The number of hydrogen-bond donors (Lipinski definition) is 0. The number of rotatable bonds is 7. The topological polar surface area (TPSA) is 69.1 Å². The Morgan fingerprint density at radius 1 is 1.12 bits per heavy atom. The number of aryl methyl sites for hydroxylation is 1. The minimum Gasteiger partial charge on any atom is -0.333 e. The van der Waals surface area contributed by atoms with Crippen molar-refractivity contribution in [1.82, 2.24) is 19.8 Å². The summed E-state index contributed by atoms with van der Waals surface area (Å²) < 4.78 is 0. The Balaban J connectivity index is 1.40. The number of amides is 2. The second-order valence-electron chi connectivity index (χ2n) is 9.16. The molecule has 2 aromatic rings. The molecule has 2 aliphatic rings. The molecule has 0 radical (unpaired) electrons. The van der Waals surface area contributed by atoms with Crippen molar-refractivity contribution >= 4 is 17.5 Å². The van der Waals surface area contributed by atoms with E-state index >= 15 is 0 Å². The Morgan fingerprint density at radius 2 is 1.91 bits per heavy atom. The maximum Gasteiger partial charge on any atom is 0.270 e. The van der Waals surface area contributed by atoms with Crippen LogP contribution in [-0.2, 0) is 22.7 Å². The summed E-state index contributed by atoms with van der Waals surface area (Å²) in [6, 6.07) is 12.5. The molecule has 174 valence electrons. The van der Waals surface area contributed by atoms with Crippen molar-refractivity contribution in [3.63, 3.8) is 0 Å². The van der Waals surface area contributed by atoms with Gasteiger partial charge in [0.1, 0.15) is 5.71 Å². The van der Waals surface area contributed by atoms with Crippen molar-refractivity contribution in [2.24, 2.45) is 11.0 Å². The lowest BCUT2D eigenvalue weighted by Crippen LogP contribution is -2.44. The molecule has 1 aromatic heterocycles. The predicted octanol–water partition coefficient (Wildman–Crippen LogP) is 3.24. The molecule has 0 bridgehead atoms. The number of hydrazone groups is 1. The first-order chi connectivity index (χ1) is 16.0. The second kappa shape index (κ2) is 10.7. The lowest BCUT2D eigenvalue weighted by atomic mass is 9.95. The molecule has 1 aromatic carbocycles. The summed E-state index contributed by atoms with van der Waals surface area (Å²) in [5.41, 5.74) is 4.20. The van der Waals surface area contributed by atoms with Crippen LogP contribution in [0, 0.1) is 12.8 Å². The summed E-state index contributed by atoms with van der Waals surface area (Å²) in [5.74, 6) is 0.328. The molecule has 2 aliphatic heterocycles. The first-order valence-electron chi connectivity index (χ1n) is 11.8. The average molecular weight is 448 g/mol. The fourth-order valence-electron chi connectivity index (χ4n) is 4.60. The van der Waals surface area contributed by atoms with Crippen LogP contribution < -0.4 is 0 Å². The highest BCUT2D eigenvalue weighted by molar-refractivity contribution is 6.39. The van der Waals surface area contributed by atoms with Crippen LogP contribution in [-0.4, -0.2) is 64.0 Å². The number of aromatic nitrogens is 1. The summed E-state index contributed by atoms with van der Waals surface area (Å²) in [4.78, 5) is 33.8. The van der Waals surface area contributed by atoms with Gasteiger partial charge in [-0.2, -0.15) is 5.10 Å². The molecule has 0 N–H and O–H groups in total. The van der Waals surface area contributed by atoms with Gasteiger partial charge in [0.05, 0.1) is 0 Å². The molecule has 2 amide bonds. The summed E-state index contributed by atoms with van der Waals surface area (Å²) in [6.45, 7) is 6.42. The molecule has 4 rings (SSSR count). The molecule has 0 aliphatic carbocycles. The largest absolute Gasteiger partial charge is 0.333 e. The molecular weight excluding hydrogens is 414 g/mol. The van der Waals surface area contributed by atoms with E-state index in [-0.39, 0.29) is 11.8 Å². The Morgan fingerprint density at radius 3 is 2.61 bits per heavy atom. The predicted molar refractivity (Wildman–Crippen MR) is 128 cm³/mol. The van der Waals surface area contributed by atoms with Crippen molar-refractivity contribution in [1.29, 1.82) is 0 Å². The summed E-state index contributed by atoms with van der Waals surface area (Å²) >= 11 is 0. The number of carbonyl (C=O) groups is 2. The van der Waals surface area contributed by atoms with Gasteiger partial charge in [-0.3, -0.25) is 19.5 Å². The third-order valence-electron chi connectivity index (χ3n) is 6.68. The number of benzene rings is 1. The van der Waals surface area contributed by atoms with Crippen molar-refractivity contribution in [3.8, 4) is 0 Å². The van der Waals surface area contributed by atoms with Crippen LogP contribution in [0.2, 0.25) is 0 Å². The number of nitrogens with zero attached hydrogens (tertiary/aromatic N) is 5. The lowest BCUT2D eigenvalue weighted by Gasteiger charge is -2.35. The van der Waals surface area contributed by atoms with E-state index in [0.29, 0.717) is 37.6 Å². The number of carbonyl (C=O) groups excluding carboxylic acids is 2. The van der Waals surface area contributed by atoms with Crippen molar-refractivity contribution in [3.05, 3.63) is 65.5 Å². The van der Waals surface area contributed by atoms with Gasteiger partial charge >= 0.3 is 0 Å². The van der Waals surface area contributed by atoms with Crippen molar-refractivity contribution in [2.75, 3.05) is 26.7 Å². The number of piperidine rings is 1. The highest BCUT2D eigenvalue weighted by Crippen LogP contribution is 2.23. The monoisotopic (exact) mass is 447 g/mol. The van der Waals surface area contributed by atoms with E-state index < -0.39 is 0 Å². The van der Waals surface area contributed by atoms with Crippen LogP contribution in [0.4, 0.5) is 0 Å². The Labute approximate surface area is 196 Å². The van der Waals surface area contributed by atoms with Gasteiger partial charge in [0.2, 0.25) is 5.91 Å². The van der Waals surface area contributed by atoms with Crippen LogP contribution in [0.25, 0.3) is 0 Å². The lowest BCUT2D eigenvalue weighted by molar-refractivity contribution is -0.131. The fraction of sp³-hybridized carbons (Fsp3) is 0.462. The van der Waals surface area contributed by atoms with Gasteiger partial charge in [0.25, 0.3) is 5.91 Å². The molecule has 0 spiro atoms. The van der Waals surface area contributed by atoms with Crippen LogP contribution >= 0.6 is 0 Å². The van der Waals surface area contributed by atoms with Gasteiger partial charge in [-0.15, -0.1) is 0 Å². The molecular formula is C26H33N5O2. The minimum atomic E-state index is -0.0689. The van der Waals surface area contributed by atoms with Gasteiger partial charge in [-0.25, -0.2) is 5.01 Å². The van der Waals surface area contributed by atoms with E-state index in [0.717, 1.165) is 38.0 Å². The van der Waals surface area contributed by atoms with Crippen molar-refractivity contribution < 1.29 is 9.59 Å². The van der Waals surface area contributed by atoms with Crippen LogP contribution in [0.3, 0.4) is 0 Å². The van der Waals surface area contributed by atoms with Crippen molar-refractivity contribution in [2.45, 2.75) is 45.7 Å². The van der Waals surface area contributed by atoms with Gasteiger partial charge in [-0.1, -0.05) is 30.3 Å². The highest BCUT2D eigenvalue weighted by Gasteiger charge is 2.29. The van der Waals surface area contributed by atoms with Gasteiger partial charge in [0.15, 0.2) is 0 Å². The molecule has 0 atom stereocenters. The zero-order chi connectivity index (χ0) is 23.2. The zero-order valence-corrected chi connectivity index (χ0v) is 19.6. The molecule has 3 heterocycles. The average Bonchev–Trinajstić information content (AvgIpc) is 2.83. The van der Waals surface area contributed by atoms with E-state index in [4.69, 9.17) is 0 Å². The molecule has 0 saturated carbocycles.